The number of ether oxygens (including phenoxy) is 3. The van der Waals surface area contributed by atoms with Crippen molar-refractivity contribution in [3.8, 4) is 22.6 Å². The number of carbonyl (C=O) groups is 3. The van der Waals surface area contributed by atoms with Crippen LogP contribution < -0.4 is 9.47 Å². The highest BCUT2D eigenvalue weighted by Gasteiger charge is 2.10. The standard InChI is InChI=1S/C32H32O6S/c1-4-30(33)37-22-8-6-5-7-21-36-27-15-11-26(12-16-27)32(35)39-29-19-13-25(14-20-29)24-9-17-28(18-10-24)38-31(34)23(2)3/h4,9-20H,1-2,5-8,21-22H2,3H3. The van der Waals surface area contributed by atoms with Gasteiger partial charge in [-0.05, 0) is 104 Å². The van der Waals surface area contributed by atoms with Gasteiger partial charge in [0.05, 0.1) is 13.2 Å². The molecule has 0 amide bonds. The van der Waals surface area contributed by atoms with E-state index < -0.39 is 5.97 Å². The molecule has 0 saturated carbocycles. The van der Waals surface area contributed by atoms with Crippen LogP contribution in [-0.2, 0) is 14.3 Å². The summed E-state index contributed by atoms with van der Waals surface area (Å²) < 4.78 is 15.9. The molecule has 3 aromatic rings. The third-order valence-electron chi connectivity index (χ3n) is 5.62. The normalized spacial score (nSPS) is 10.4. The van der Waals surface area contributed by atoms with Crippen molar-refractivity contribution in [3.05, 3.63) is 103 Å². The Morgan fingerprint density at radius 2 is 1.33 bits per heavy atom. The number of carbonyl (C=O) groups excluding carboxylic acids is 3. The van der Waals surface area contributed by atoms with Crippen molar-refractivity contribution in [3.63, 3.8) is 0 Å². The molecule has 0 heterocycles. The first kappa shape index (κ1) is 29.5. The van der Waals surface area contributed by atoms with Crippen molar-refractivity contribution in [1.29, 1.82) is 0 Å². The summed E-state index contributed by atoms with van der Waals surface area (Å²) in [4.78, 5) is 36.2. The molecular formula is C32H32O6S. The number of hydrogen-bond acceptors (Lipinski definition) is 7. The van der Waals surface area contributed by atoms with Crippen LogP contribution >= 0.6 is 11.8 Å². The van der Waals surface area contributed by atoms with E-state index in [-0.39, 0.29) is 11.1 Å². The molecule has 0 unspecified atom stereocenters. The molecule has 0 N–H and O–H groups in total. The predicted octanol–water partition coefficient (Wildman–Crippen LogP) is 7.44. The number of benzene rings is 3. The average molecular weight is 545 g/mol. The second kappa shape index (κ2) is 15.3. The Hall–Kier alpha value is -4.10. The van der Waals surface area contributed by atoms with Gasteiger partial charge in [0.25, 0.3) is 0 Å². The van der Waals surface area contributed by atoms with E-state index >= 15 is 0 Å². The molecule has 3 rings (SSSR count). The second-order valence-electron chi connectivity index (χ2n) is 8.77. The van der Waals surface area contributed by atoms with Crippen LogP contribution in [0.15, 0.2) is 102 Å². The highest BCUT2D eigenvalue weighted by atomic mass is 32.2. The number of thioether (sulfide) groups is 1. The van der Waals surface area contributed by atoms with Gasteiger partial charge >= 0.3 is 11.9 Å². The Morgan fingerprint density at radius 3 is 1.92 bits per heavy atom. The first-order valence-corrected chi connectivity index (χ1v) is 13.5. The van der Waals surface area contributed by atoms with E-state index in [0.29, 0.717) is 30.1 Å². The quantitative estimate of drug-likeness (QED) is 0.0686. The van der Waals surface area contributed by atoms with Crippen molar-refractivity contribution < 1.29 is 28.6 Å². The lowest BCUT2D eigenvalue weighted by Gasteiger charge is -2.08. The van der Waals surface area contributed by atoms with Crippen LogP contribution in [0.2, 0.25) is 0 Å². The molecule has 0 bridgehead atoms. The van der Waals surface area contributed by atoms with Gasteiger partial charge in [-0.2, -0.15) is 0 Å². The molecule has 0 saturated heterocycles. The predicted molar refractivity (Wildman–Crippen MR) is 154 cm³/mol. The van der Waals surface area contributed by atoms with E-state index in [4.69, 9.17) is 14.2 Å². The highest BCUT2D eigenvalue weighted by Crippen LogP contribution is 2.28. The van der Waals surface area contributed by atoms with Gasteiger partial charge in [0.15, 0.2) is 0 Å². The minimum absolute atomic E-state index is 0.0462. The summed E-state index contributed by atoms with van der Waals surface area (Å²) in [5.41, 5.74) is 2.90. The van der Waals surface area contributed by atoms with Gasteiger partial charge in [-0.3, -0.25) is 4.79 Å². The minimum Gasteiger partial charge on any atom is -0.494 e. The zero-order chi connectivity index (χ0) is 28.0. The maximum Gasteiger partial charge on any atom is 0.338 e. The molecule has 0 aliphatic heterocycles. The molecule has 0 spiro atoms. The van der Waals surface area contributed by atoms with Gasteiger partial charge in [-0.1, -0.05) is 37.4 Å². The highest BCUT2D eigenvalue weighted by molar-refractivity contribution is 8.14. The summed E-state index contributed by atoms with van der Waals surface area (Å²) in [7, 11) is 0. The van der Waals surface area contributed by atoms with Crippen LogP contribution in [0.1, 0.15) is 43.0 Å². The van der Waals surface area contributed by atoms with Gasteiger partial charge in [-0.25, -0.2) is 9.59 Å². The zero-order valence-electron chi connectivity index (χ0n) is 22.0. The molecule has 7 heteroatoms. The van der Waals surface area contributed by atoms with Crippen LogP contribution in [0.5, 0.6) is 11.5 Å². The second-order valence-corrected chi connectivity index (χ2v) is 9.81. The molecule has 0 fully saturated rings. The lowest BCUT2D eigenvalue weighted by molar-refractivity contribution is -0.137. The van der Waals surface area contributed by atoms with E-state index in [1.807, 2.05) is 48.5 Å². The molecule has 0 aromatic heterocycles. The van der Waals surface area contributed by atoms with Crippen LogP contribution in [0.25, 0.3) is 11.1 Å². The number of unbranched alkanes of at least 4 members (excludes halogenated alkanes) is 3. The van der Waals surface area contributed by atoms with Crippen molar-refractivity contribution in [1.82, 2.24) is 0 Å². The Bertz CT molecular complexity index is 1280. The fourth-order valence-electron chi connectivity index (χ4n) is 3.46. The van der Waals surface area contributed by atoms with E-state index in [9.17, 15) is 14.4 Å². The van der Waals surface area contributed by atoms with Gasteiger partial charge in [0.1, 0.15) is 11.5 Å². The van der Waals surface area contributed by atoms with Crippen molar-refractivity contribution in [2.24, 2.45) is 0 Å². The minimum atomic E-state index is -0.454. The molecule has 202 valence electrons. The maximum atomic E-state index is 12.7. The molecule has 39 heavy (non-hydrogen) atoms. The van der Waals surface area contributed by atoms with E-state index in [1.54, 1.807) is 31.2 Å². The summed E-state index contributed by atoms with van der Waals surface area (Å²) in [6.07, 6.45) is 4.82. The lowest BCUT2D eigenvalue weighted by atomic mass is 10.1. The van der Waals surface area contributed by atoms with Gasteiger partial charge in [0.2, 0.25) is 5.12 Å². The van der Waals surface area contributed by atoms with Gasteiger partial charge in [-0.15, -0.1) is 0 Å². The summed E-state index contributed by atoms with van der Waals surface area (Å²) in [6, 6.07) is 22.1. The largest absolute Gasteiger partial charge is 0.494 e. The lowest BCUT2D eigenvalue weighted by Crippen LogP contribution is -2.07. The molecule has 3 aromatic carbocycles. The zero-order valence-corrected chi connectivity index (χ0v) is 22.8. The monoisotopic (exact) mass is 544 g/mol. The number of rotatable bonds is 14. The SMILES string of the molecule is C=CC(=O)OCCCCCCOc1ccc(C(=O)Sc2ccc(-c3ccc(OC(=O)C(=C)C)cc3)cc2)cc1. The number of esters is 2. The summed E-state index contributed by atoms with van der Waals surface area (Å²) >= 11 is 1.17. The first-order chi connectivity index (χ1) is 18.9. The van der Waals surface area contributed by atoms with E-state index in [1.165, 1.54) is 17.8 Å². The molecule has 0 aliphatic rings. The van der Waals surface area contributed by atoms with Crippen LogP contribution in [0.4, 0.5) is 0 Å². The topological polar surface area (TPSA) is 78.9 Å². The third-order valence-corrected chi connectivity index (χ3v) is 6.55. The summed E-state index contributed by atoms with van der Waals surface area (Å²) in [5, 5.41) is -0.0462. The van der Waals surface area contributed by atoms with Crippen molar-refractivity contribution in [2.45, 2.75) is 37.5 Å². The van der Waals surface area contributed by atoms with E-state index in [2.05, 4.69) is 13.2 Å². The molecule has 0 radical (unpaired) electrons. The Labute approximate surface area is 233 Å². The summed E-state index contributed by atoms with van der Waals surface area (Å²) in [6.45, 7) is 9.54. The summed E-state index contributed by atoms with van der Waals surface area (Å²) in [5.74, 6) is 0.341. The van der Waals surface area contributed by atoms with Crippen LogP contribution in [0.3, 0.4) is 0 Å². The van der Waals surface area contributed by atoms with Crippen molar-refractivity contribution in [2.75, 3.05) is 13.2 Å². The smallest absolute Gasteiger partial charge is 0.338 e. The molecule has 0 atom stereocenters. The Morgan fingerprint density at radius 1 is 0.769 bits per heavy atom. The fourth-order valence-corrected chi connectivity index (χ4v) is 4.20. The molecular weight excluding hydrogens is 512 g/mol. The first-order valence-electron chi connectivity index (χ1n) is 12.7. The Kier molecular flexibility index (Phi) is 11.6. The van der Waals surface area contributed by atoms with Crippen molar-refractivity contribution >= 4 is 28.8 Å². The van der Waals surface area contributed by atoms with Crippen LogP contribution in [0, 0.1) is 0 Å². The third kappa shape index (κ3) is 9.94. The van der Waals surface area contributed by atoms with Crippen LogP contribution in [-0.4, -0.2) is 30.3 Å². The average Bonchev–Trinajstić information content (AvgIpc) is 2.95. The number of hydrogen-bond donors (Lipinski definition) is 0. The van der Waals surface area contributed by atoms with E-state index in [0.717, 1.165) is 47.5 Å². The Balaban J connectivity index is 1.41. The van der Waals surface area contributed by atoms with Gasteiger partial charge in [0, 0.05) is 22.1 Å². The van der Waals surface area contributed by atoms with Gasteiger partial charge < -0.3 is 14.2 Å². The molecule has 6 nitrogen and oxygen atoms in total. The maximum absolute atomic E-state index is 12.7. The fraction of sp³-hybridized carbons (Fsp3) is 0.219. The molecule has 0 aliphatic carbocycles.